The second kappa shape index (κ2) is 4.35. The van der Waals surface area contributed by atoms with Crippen molar-refractivity contribution in [1.82, 2.24) is 9.88 Å². The van der Waals surface area contributed by atoms with Crippen LogP contribution in [0.1, 0.15) is 23.2 Å². The molecule has 0 aromatic carbocycles. The van der Waals surface area contributed by atoms with E-state index in [1.54, 1.807) is 0 Å². The third-order valence-corrected chi connectivity index (χ3v) is 2.79. The van der Waals surface area contributed by atoms with E-state index in [4.69, 9.17) is 0 Å². The summed E-state index contributed by atoms with van der Waals surface area (Å²) in [5.74, 6) is -4.00. The van der Waals surface area contributed by atoms with Crippen molar-refractivity contribution in [3.8, 4) is 0 Å². The van der Waals surface area contributed by atoms with Crippen molar-refractivity contribution >= 4 is 5.91 Å². The quantitative estimate of drug-likeness (QED) is 0.757. The van der Waals surface area contributed by atoms with E-state index < -0.39 is 17.6 Å². The highest BCUT2D eigenvalue weighted by Gasteiger charge is 2.36. The van der Waals surface area contributed by atoms with Gasteiger partial charge in [0, 0.05) is 32.1 Å². The number of carbonyl (C=O) groups excluding carboxylic acids is 1. The molecule has 1 saturated heterocycles. The molecule has 3 nitrogen and oxygen atoms in total. The predicted molar refractivity (Wildman–Crippen MR) is 54.3 cm³/mol. The lowest BCUT2D eigenvalue weighted by Crippen LogP contribution is -2.43. The molecule has 1 fully saturated rings. The van der Waals surface area contributed by atoms with Gasteiger partial charge in [-0.2, -0.15) is 0 Å². The number of likely N-dealkylation sites (tertiary alicyclic amines) is 1. The molecule has 0 saturated carbocycles. The summed E-state index contributed by atoms with van der Waals surface area (Å²) in [7, 11) is 0. The number of hydrogen-bond acceptors (Lipinski definition) is 2. The Bertz CT molecular complexity index is 426. The van der Waals surface area contributed by atoms with Crippen molar-refractivity contribution in [3.05, 3.63) is 29.8 Å². The summed E-state index contributed by atoms with van der Waals surface area (Å²) in [6, 6.07) is 1.25. The van der Waals surface area contributed by atoms with Crippen LogP contribution in [0.2, 0.25) is 0 Å². The standard InChI is InChI=1S/C11H11F3N2O/c12-9-7-15-4-1-8(9)10(17)16-5-2-11(13,14)3-6-16/h1,4,7H,2-3,5-6H2. The zero-order valence-electron chi connectivity index (χ0n) is 9.00. The Morgan fingerprint density at radius 3 is 2.59 bits per heavy atom. The van der Waals surface area contributed by atoms with Crippen LogP contribution in [0.15, 0.2) is 18.5 Å². The molecule has 2 rings (SSSR count). The molecule has 1 aromatic rings. The van der Waals surface area contributed by atoms with Gasteiger partial charge in [0.15, 0.2) is 5.82 Å². The lowest BCUT2D eigenvalue weighted by Gasteiger charge is -2.31. The monoisotopic (exact) mass is 244 g/mol. The van der Waals surface area contributed by atoms with Gasteiger partial charge in [0.1, 0.15) is 0 Å². The molecule has 1 aliphatic rings. The van der Waals surface area contributed by atoms with Crippen molar-refractivity contribution in [2.75, 3.05) is 13.1 Å². The lowest BCUT2D eigenvalue weighted by atomic mass is 10.1. The topological polar surface area (TPSA) is 33.2 Å². The number of halogens is 3. The van der Waals surface area contributed by atoms with Crippen LogP contribution in [-0.2, 0) is 0 Å². The first-order valence-corrected chi connectivity index (χ1v) is 5.26. The van der Waals surface area contributed by atoms with Gasteiger partial charge in [-0.05, 0) is 6.07 Å². The van der Waals surface area contributed by atoms with E-state index in [2.05, 4.69) is 4.98 Å². The highest BCUT2D eigenvalue weighted by Crippen LogP contribution is 2.28. The summed E-state index contributed by atoms with van der Waals surface area (Å²) >= 11 is 0. The van der Waals surface area contributed by atoms with E-state index in [0.29, 0.717) is 0 Å². The number of nitrogens with zero attached hydrogens (tertiary/aromatic N) is 2. The van der Waals surface area contributed by atoms with Crippen molar-refractivity contribution in [2.45, 2.75) is 18.8 Å². The summed E-state index contributed by atoms with van der Waals surface area (Å²) in [6.45, 7) is -0.0960. The molecule has 0 bridgehead atoms. The molecule has 2 heterocycles. The third-order valence-electron chi connectivity index (χ3n) is 2.79. The molecule has 92 valence electrons. The summed E-state index contributed by atoms with van der Waals surface area (Å²) < 4.78 is 39.1. The minimum Gasteiger partial charge on any atom is -0.338 e. The molecular formula is C11H11F3N2O. The fourth-order valence-corrected chi connectivity index (χ4v) is 1.76. The van der Waals surface area contributed by atoms with Crippen LogP contribution >= 0.6 is 0 Å². The van der Waals surface area contributed by atoms with E-state index in [1.165, 1.54) is 17.2 Å². The highest BCUT2D eigenvalue weighted by molar-refractivity contribution is 5.94. The normalized spacial score (nSPS) is 19.1. The molecule has 0 atom stereocenters. The van der Waals surface area contributed by atoms with Crippen LogP contribution in [0.4, 0.5) is 13.2 Å². The molecule has 0 unspecified atom stereocenters. The minimum absolute atomic E-state index is 0.0480. The van der Waals surface area contributed by atoms with E-state index in [0.717, 1.165) is 6.20 Å². The number of carbonyl (C=O) groups is 1. The van der Waals surface area contributed by atoms with E-state index >= 15 is 0 Å². The first-order valence-electron chi connectivity index (χ1n) is 5.26. The zero-order valence-corrected chi connectivity index (χ0v) is 9.00. The van der Waals surface area contributed by atoms with Crippen molar-refractivity contribution in [2.24, 2.45) is 0 Å². The fourth-order valence-electron chi connectivity index (χ4n) is 1.76. The van der Waals surface area contributed by atoms with Crippen LogP contribution in [0, 0.1) is 5.82 Å². The molecule has 6 heteroatoms. The number of piperidine rings is 1. The molecule has 1 aliphatic heterocycles. The van der Waals surface area contributed by atoms with Gasteiger partial charge in [-0.3, -0.25) is 9.78 Å². The number of amides is 1. The molecule has 17 heavy (non-hydrogen) atoms. The van der Waals surface area contributed by atoms with Crippen molar-refractivity contribution in [3.63, 3.8) is 0 Å². The van der Waals surface area contributed by atoms with Crippen LogP contribution in [-0.4, -0.2) is 34.8 Å². The number of alkyl halides is 2. The van der Waals surface area contributed by atoms with Crippen LogP contribution in [0.25, 0.3) is 0 Å². The smallest absolute Gasteiger partial charge is 0.256 e. The Hall–Kier alpha value is -1.59. The third kappa shape index (κ3) is 2.57. The Morgan fingerprint density at radius 1 is 1.35 bits per heavy atom. The first kappa shape index (κ1) is 11.9. The molecule has 1 aromatic heterocycles. The second-order valence-electron chi connectivity index (χ2n) is 4.00. The number of pyridine rings is 1. The van der Waals surface area contributed by atoms with Gasteiger partial charge in [-0.25, -0.2) is 13.2 Å². The Morgan fingerprint density at radius 2 is 2.00 bits per heavy atom. The van der Waals surface area contributed by atoms with Gasteiger partial charge in [0.25, 0.3) is 11.8 Å². The van der Waals surface area contributed by atoms with Gasteiger partial charge >= 0.3 is 0 Å². The molecular weight excluding hydrogens is 233 g/mol. The van der Waals surface area contributed by atoms with E-state index in [-0.39, 0.29) is 31.5 Å². The van der Waals surface area contributed by atoms with Gasteiger partial charge in [0.05, 0.1) is 11.8 Å². The summed E-state index contributed by atoms with van der Waals surface area (Å²) in [4.78, 5) is 16.6. The lowest BCUT2D eigenvalue weighted by molar-refractivity contribution is -0.0494. The summed E-state index contributed by atoms with van der Waals surface area (Å²) in [5, 5.41) is 0. The molecule has 0 aliphatic carbocycles. The second-order valence-corrected chi connectivity index (χ2v) is 4.00. The molecule has 0 N–H and O–H groups in total. The predicted octanol–water partition coefficient (Wildman–Crippen LogP) is 2.09. The minimum atomic E-state index is -2.71. The fraction of sp³-hybridized carbons (Fsp3) is 0.455. The first-order chi connectivity index (χ1) is 7.99. The van der Waals surface area contributed by atoms with Crippen LogP contribution in [0.5, 0.6) is 0 Å². The Kier molecular flexibility index (Phi) is 3.04. The Labute approximate surface area is 96.3 Å². The highest BCUT2D eigenvalue weighted by atomic mass is 19.3. The average molecular weight is 244 g/mol. The number of hydrogen-bond donors (Lipinski definition) is 0. The number of rotatable bonds is 1. The molecule has 0 radical (unpaired) electrons. The van der Waals surface area contributed by atoms with Crippen molar-refractivity contribution in [1.29, 1.82) is 0 Å². The SMILES string of the molecule is O=C(c1ccncc1F)N1CCC(F)(F)CC1. The van der Waals surface area contributed by atoms with Gasteiger partial charge in [0.2, 0.25) is 0 Å². The maximum Gasteiger partial charge on any atom is 0.256 e. The number of aromatic nitrogens is 1. The molecule has 1 amide bonds. The van der Waals surface area contributed by atoms with Crippen LogP contribution < -0.4 is 0 Å². The van der Waals surface area contributed by atoms with E-state index in [1.807, 2.05) is 0 Å². The van der Waals surface area contributed by atoms with Gasteiger partial charge in [-0.1, -0.05) is 0 Å². The van der Waals surface area contributed by atoms with Crippen molar-refractivity contribution < 1.29 is 18.0 Å². The molecule has 0 spiro atoms. The summed E-state index contributed by atoms with van der Waals surface area (Å²) in [6.07, 6.45) is 1.50. The average Bonchev–Trinajstić information content (AvgIpc) is 2.29. The summed E-state index contributed by atoms with van der Waals surface area (Å²) in [5.41, 5.74) is -0.120. The van der Waals surface area contributed by atoms with Gasteiger partial charge < -0.3 is 4.90 Å². The maximum absolute atomic E-state index is 13.3. The van der Waals surface area contributed by atoms with E-state index in [9.17, 15) is 18.0 Å². The van der Waals surface area contributed by atoms with Gasteiger partial charge in [-0.15, -0.1) is 0 Å². The maximum atomic E-state index is 13.3. The largest absolute Gasteiger partial charge is 0.338 e. The van der Waals surface area contributed by atoms with Crippen LogP contribution in [0.3, 0.4) is 0 Å². The zero-order chi connectivity index (χ0) is 12.5. The Balaban J connectivity index is 2.10.